The lowest BCUT2D eigenvalue weighted by molar-refractivity contribution is -0.143. The Labute approximate surface area is 203 Å². The highest BCUT2D eigenvalue weighted by molar-refractivity contribution is 6.09. The van der Waals surface area contributed by atoms with Crippen molar-refractivity contribution in [2.45, 2.75) is 109 Å². The minimum Gasteiger partial charge on any atom is -0.481 e. The second kappa shape index (κ2) is 10.9. The van der Waals surface area contributed by atoms with E-state index in [4.69, 9.17) is 0 Å². The van der Waals surface area contributed by atoms with Gasteiger partial charge >= 0.3 is 5.97 Å². The zero-order chi connectivity index (χ0) is 24.1. The fraction of sp³-hybridized carbons (Fsp3) is 0.586. The molecule has 2 aliphatic carbocycles. The topological polar surface area (TPSA) is 71.3 Å². The van der Waals surface area contributed by atoms with Crippen molar-refractivity contribution in [3.05, 3.63) is 58.9 Å². The molecule has 0 amide bonds. The molecule has 0 saturated heterocycles. The quantitative estimate of drug-likeness (QED) is 0.531. The molecule has 0 radical (unpaired) electrons. The Morgan fingerprint density at radius 3 is 2.03 bits per heavy atom. The molecule has 1 aromatic carbocycles. The van der Waals surface area contributed by atoms with Gasteiger partial charge in [0.1, 0.15) is 5.41 Å². The maximum Gasteiger partial charge on any atom is 0.315 e. The Balaban J connectivity index is 0.000000180. The summed E-state index contributed by atoms with van der Waals surface area (Å²) >= 11 is 0. The molecule has 1 aromatic heterocycles. The molecule has 1 unspecified atom stereocenters. The number of carboxylic acid groups (broad SMARTS) is 1. The van der Waals surface area contributed by atoms with E-state index in [1.165, 1.54) is 64.2 Å². The van der Waals surface area contributed by atoms with Crippen molar-refractivity contribution < 1.29 is 14.7 Å². The number of ketones is 1. The Hall–Kier alpha value is -2.40. The van der Waals surface area contributed by atoms with Crippen molar-refractivity contribution in [2.24, 2.45) is 0 Å². The lowest BCUT2D eigenvalue weighted by Crippen LogP contribution is -2.40. The van der Waals surface area contributed by atoms with Gasteiger partial charge in [-0.2, -0.15) is 0 Å². The molecule has 2 heterocycles. The fourth-order valence-corrected chi connectivity index (χ4v) is 5.95. The molecule has 0 bridgehead atoms. The molecule has 5 heteroatoms. The zero-order valence-electron chi connectivity index (χ0n) is 20.8. The summed E-state index contributed by atoms with van der Waals surface area (Å²) in [5, 5.41) is 13.3. The van der Waals surface area contributed by atoms with Gasteiger partial charge in [-0.05, 0) is 57.6 Å². The van der Waals surface area contributed by atoms with E-state index in [0.717, 1.165) is 23.3 Å². The average molecular weight is 465 g/mol. The number of fused-ring (bicyclic) bond motifs is 1. The average Bonchev–Trinajstić information content (AvgIpc) is 3.37. The molecule has 184 valence electrons. The first-order valence-corrected chi connectivity index (χ1v) is 13.2. The van der Waals surface area contributed by atoms with Gasteiger partial charge in [-0.15, -0.1) is 0 Å². The summed E-state index contributed by atoms with van der Waals surface area (Å²) < 4.78 is 1.87. The molecule has 2 fully saturated rings. The van der Waals surface area contributed by atoms with Crippen LogP contribution in [0.25, 0.3) is 0 Å². The minimum atomic E-state index is -0.903. The van der Waals surface area contributed by atoms with Crippen molar-refractivity contribution in [3.63, 3.8) is 0 Å². The van der Waals surface area contributed by atoms with E-state index in [-0.39, 0.29) is 5.78 Å². The van der Waals surface area contributed by atoms with Gasteiger partial charge in [0.25, 0.3) is 0 Å². The van der Waals surface area contributed by atoms with E-state index in [1.807, 2.05) is 35.8 Å². The standard InChI is InChI=1S/C17H17NO3.C12H23N/c1-11-10-13-17(2,16(20)21)8-9-18(13)14(11)15(19)12-6-4-3-5-7-12;1-3-7-11(8-4-1)13-12-9-5-2-6-10-12/h3-7,10H,8-9H2,1-2H3,(H,20,21);11-13H,1-10H2. The normalized spacial score (nSPS) is 23.1. The van der Waals surface area contributed by atoms with Gasteiger partial charge in [-0.1, -0.05) is 68.9 Å². The summed E-state index contributed by atoms with van der Waals surface area (Å²) in [7, 11) is 0. The first-order valence-electron chi connectivity index (χ1n) is 13.2. The predicted molar refractivity (Wildman–Crippen MR) is 136 cm³/mol. The number of aryl methyl sites for hydroxylation is 1. The summed E-state index contributed by atoms with van der Waals surface area (Å²) in [6.45, 7) is 4.16. The van der Waals surface area contributed by atoms with E-state index in [0.29, 0.717) is 24.2 Å². The number of aromatic nitrogens is 1. The molecule has 2 saturated carbocycles. The summed E-state index contributed by atoms with van der Waals surface area (Å²) in [5.41, 5.74) is 1.91. The highest BCUT2D eigenvalue weighted by Crippen LogP contribution is 2.38. The van der Waals surface area contributed by atoms with Crippen molar-refractivity contribution in [1.82, 2.24) is 9.88 Å². The van der Waals surface area contributed by atoms with E-state index >= 15 is 0 Å². The number of carbonyl (C=O) groups excluding carboxylic acids is 1. The van der Waals surface area contributed by atoms with Gasteiger partial charge in [0.2, 0.25) is 5.78 Å². The van der Waals surface area contributed by atoms with Crippen molar-refractivity contribution in [1.29, 1.82) is 0 Å². The monoisotopic (exact) mass is 464 g/mol. The smallest absolute Gasteiger partial charge is 0.315 e. The van der Waals surface area contributed by atoms with Crippen molar-refractivity contribution in [2.75, 3.05) is 0 Å². The Bertz CT molecular complexity index is 968. The molecular formula is C29H40N2O3. The first-order chi connectivity index (χ1) is 16.4. The number of aliphatic carboxylic acids is 1. The molecule has 3 aliphatic rings. The van der Waals surface area contributed by atoms with Crippen LogP contribution in [0.3, 0.4) is 0 Å². The third-order valence-electron chi connectivity index (χ3n) is 8.09. The molecular weight excluding hydrogens is 424 g/mol. The second-order valence-electron chi connectivity index (χ2n) is 10.6. The van der Waals surface area contributed by atoms with Crippen LogP contribution in [0, 0.1) is 6.92 Å². The number of nitrogens with zero attached hydrogens (tertiary/aromatic N) is 1. The van der Waals surface area contributed by atoms with Crippen LogP contribution in [-0.2, 0) is 16.8 Å². The van der Waals surface area contributed by atoms with Crippen molar-refractivity contribution in [3.8, 4) is 0 Å². The van der Waals surface area contributed by atoms with E-state index < -0.39 is 11.4 Å². The molecule has 1 aliphatic heterocycles. The van der Waals surface area contributed by atoms with Crippen LogP contribution in [0.15, 0.2) is 36.4 Å². The van der Waals surface area contributed by atoms with Crippen LogP contribution in [0.5, 0.6) is 0 Å². The number of carbonyl (C=O) groups is 2. The van der Waals surface area contributed by atoms with E-state index in [2.05, 4.69) is 5.32 Å². The van der Waals surface area contributed by atoms with Crippen LogP contribution in [-0.4, -0.2) is 33.5 Å². The lowest BCUT2D eigenvalue weighted by atomic mass is 9.86. The lowest BCUT2D eigenvalue weighted by Gasteiger charge is -2.30. The summed E-state index contributed by atoms with van der Waals surface area (Å²) in [4.78, 5) is 24.2. The highest BCUT2D eigenvalue weighted by Gasteiger charge is 2.44. The Kier molecular flexibility index (Phi) is 7.92. The summed E-state index contributed by atoms with van der Waals surface area (Å²) in [5.74, 6) is -0.883. The van der Waals surface area contributed by atoms with Gasteiger partial charge in [0.05, 0.1) is 5.69 Å². The van der Waals surface area contributed by atoms with Crippen LogP contribution in [0.4, 0.5) is 0 Å². The van der Waals surface area contributed by atoms with Crippen molar-refractivity contribution >= 4 is 11.8 Å². The maximum absolute atomic E-state index is 12.7. The maximum atomic E-state index is 12.7. The van der Waals surface area contributed by atoms with Crippen LogP contribution in [0.2, 0.25) is 0 Å². The van der Waals surface area contributed by atoms with E-state index in [1.54, 1.807) is 19.1 Å². The summed E-state index contributed by atoms with van der Waals surface area (Å²) in [6.07, 6.45) is 15.1. The van der Waals surface area contributed by atoms with Gasteiger partial charge < -0.3 is 15.0 Å². The molecule has 34 heavy (non-hydrogen) atoms. The third-order valence-corrected chi connectivity index (χ3v) is 8.09. The van der Waals surface area contributed by atoms with Crippen LogP contribution < -0.4 is 5.32 Å². The number of rotatable bonds is 5. The Morgan fingerprint density at radius 2 is 1.50 bits per heavy atom. The van der Waals surface area contributed by atoms with Crippen LogP contribution in [0.1, 0.15) is 105 Å². The van der Waals surface area contributed by atoms with Gasteiger partial charge in [-0.25, -0.2) is 0 Å². The first kappa shape index (κ1) is 24.7. The Morgan fingerprint density at radius 1 is 0.941 bits per heavy atom. The number of carboxylic acids is 1. The zero-order valence-corrected chi connectivity index (χ0v) is 20.8. The van der Waals surface area contributed by atoms with E-state index in [9.17, 15) is 14.7 Å². The molecule has 2 aromatic rings. The number of nitrogens with one attached hydrogen (secondary N) is 1. The summed E-state index contributed by atoms with van der Waals surface area (Å²) in [6, 6.07) is 12.7. The highest BCUT2D eigenvalue weighted by atomic mass is 16.4. The molecule has 0 spiro atoms. The van der Waals surface area contributed by atoms with Gasteiger partial charge in [0.15, 0.2) is 0 Å². The largest absolute Gasteiger partial charge is 0.481 e. The number of hydrogen-bond acceptors (Lipinski definition) is 3. The van der Waals surface area contributed by atoms with Crippen LogP contribution >= 0.6 is 0 Å². The number of benzene rings is 1. The SMILES string of the molecule is C1CCC(NC2CCCCC2)CC1.Cc1cc2n(c1C(=O)c1ccccc1)CCC2(C)C(=O)O. The second-order valence-corrected chi connectivity index (χ2v) is 10.6. The number of hydrogen-bond donors (Lipinski definition) is 2. The fourth-order valence-electron chi connectivity index (χ4n) is 5.95. The molecule has 5 nitrogen and oxygen atoms in total. The molecule has 2 N–H and O–H groups in total. The molecule has 1 atom stereocenters. The molecule has 5 rings (SSSR count). The predicted octanol–water partition coefficient (Wildman–Crippen LogP) is 6.01. The minimum absolute atomic E-state index is 0.0472. The van der Waals surface area contributed by atoms with Gasteiger partial charge in [-0.3, -0.25) is 9.59 Å². The third kappa shape index (κ3) is 5.30. The van der Waals surface area contributed by atoms with Gasteiger partial charge in [0, 0.05) is 29.9 Å².